The van der Waals surface area contributed by atoms with Crippen LogP contribution in [0.2, 0.25) is 0 Å². The molecule has 1 aliphatic heterocycles. The molecule has 26 heavy (non-hydrogen) atoms. The third-order valence-corrected chi connectivity index (χ3v) is 4.72. The molecule has 3 amide bonds. The van der Waals surface area contributed by atoms with Crippen LogP contribution >= 0.6 is 11.8 Å². The summed E-state index contributed by atoms with van der Waals surface area (Å²) in [6, 6.07) is 10.3. The number of hydrogen-bond donors (Lipinski definition) is 1. The molecule has 0 bridgehead atoms. The van der Waals surface area contributed by atoms with Crippen LogP contribution in [-0.2, 0) is 4.79 Å². The molecule has 2 aromatic carbocycles. The third-order valence-electron chi connectivity index (χ3n) is 4.00. The zero-order valence-corrected chi connectivity index (χ0v) is 14.9. The Bertz CT molecular complexity index is 847. The largest absolute Gasteiger partial charge is 0.325 e. The standard InChI is InChI=1S/C18H17F2N3O2S/c1-26-14-4-2-3-12(9-14)21-17(24)11-22-7-8-23(18(22)25)13-5-6-15(19)16(20)10-13/h2-6,9-10H,7-8,11H2,1H3,(H,21,24). The minimum absolute atomic E-state index is 0.109. The van der Waals surface area contributed by atoms with E-state index in [1.54, 1.807) is 17.8 Å². The van der Waals surface area contributed by atoms with Gasteiger partial charge in [-0.1, -0.05) is 6.07 Å². The maximum Gasteiger partial charge on any atom is 0.325 e. The van der Waals surface area contributed by atoms with Gasteiger partial charge in [-0.15, -0.1) is 11.8 Å². The lowest BCUT2D eigenvalue weighted by Gasteiger charge is -2.18. The summed E-state index contributed by atoms with van der Waals surface area (Å²) in [5.74, 6) is -2.30. The van der Waals surface area contributed by atoms with Gasteiger partial charge in [0.15, 0.2) is 11.6 Å². The summed E-state index contributed by atoms with van der Waals surface area (Å²) in [6.07, 6.45) is 1.94. The number of carbonyl (C=O) groups is 2. The van der Waals surface area contributed by atoms with Crippen molar-refractivity contribution in [3.63, 3.8) is 0 Å². The van der Waals surface area contributed by atoms with Crippen molar-refractivity contribution in [1.29, 1.82) is 0 Å². The van der Waals surface area contributed by atoms with E-state index in [-0.39, 0.29) is 18.1 Å². The molecule has 0 radical (unpaired) electrons. The number of benzene rings is 2. The fraction of sp³-hybridized carbons (Fsp3) is 0.222. The van der Waals surface area contributed by atoms with Crippen LogP contribution in [0.3, 0.4) is 0 Å². The zero-order valence-electron chi connectivity index (χ0n) is 14.0. The summed E-state index contributed by atoms with van der Waals surface area (Å²) in [7, 11) is 0. The van der Waals surface area contributed by atoms with Gasteiger partial charge in [-0.2, -0.15) is 0 Å². The number of anilines is 2. The van der Waals surface area contributed by atoms with E-state index in [0.717, 1.165) is 17.0 Å². The Balaban J connectivity index is 1.62. The molecule has 0 atom stereocenters. The maximum atomic E-state index is 13.4. The first-order valence-electron chi connectivity index (χ1n) is 7.93. The third kappa shape index (κ3) is 3.96. The summed E-state index contributed by atoms with van der Waals surface area (Å²) >= 11 is 1.56. The average molecular weight is 377 g/mol. The topological polar surface area (TPSA) is 52.7 Å². The molecule has 0 aliphatic carbocycles. The highest BCUT2D eigenvalue weighted by molar-refractivity contribution is 7.98. The lowest BCUT2D eigenvalue weighted by atomic mass is 10.3. The van der Waals surface area contributed by atoms with Crippen molar-refractivity contribution in [1.82, 2.24) is 4.90 Å². The quantitative estimate of drug-likeness (QED) is 0.811. The van der Waals surface area contributed by atoms with E-state index in [9.17, 15) is 18.4 Å². The fourth-order valence-electron chi connectivity index (χ4n) is 2.70. The van der Waals surface area contributed by atoms with Gasteiger partial charge in [0.1, 0.15) is 6.54 Å². The van der Waals surface area contributed by atoms with E-state index in [0.29, 0.717) is 18.8 Å². The Labute approximate surface area is 154 Å². The monoisotopic (exact) mass is 377 g/mol. The molecule has 136 valence electrons. The van der Waals surface area contributed by atoms with Gasteiger partial charge in [0.05, 0.1) is 0 Å². The lowest BCUT2D eigenvalue weighted by Crippen LogP contribution is -2.37. The molecule has 1 fully saturated rings. The van der Waals surface area contributed by atoms with Gasteiger partial charge in [0.2, 0.25) is 5.91 Å². The van der Waals surface area contributed by atoms with E-state index in [2.05, 4.69) is 5.32 Å². The highest BCUT2D eigenvalue weighted by Gasteiger charge is 2.31. The first kappa shape index (κ1) is 18.2. The molecule has 1 aliphatic rings. The van der Waals surface area contributed by atoms with E-state index >= 15 is 0 Å². The maximum absolute atomic E-state index is 13.4. The van der Waals surface area contributed by atoms with Crippen molar-refractivity contribution >= 4 is 35.1 Å². The number of urea groups is 1. The minimum Gasteiger partial charge on any atom is -0.325 e. The van der Waals surface area contributed by atoms with Crippen LogP contribution in [0.1, 0.15) is 0 Å². The predicted molar refractivity (Wildman–Crippen MR) is 97.5 cm³/mol. The SMILES string of the molecule is CSc1cccc(NC(=O)CN2CCN(c3ccc(F)c(F)c3)C2=O)c1. The lowest BCUT2D eigenvalue weighted by molar-refractivity contribution is -0.116. The summed E-state index contributed by atoms with van der Waals surface area (Å²) in [5.41, 5.74) is 0.926. The number of nitrogens with zero attached hydrogens (tertiary/aromatic N) is 2. The molecule has 0 unspecified atom stereocenters. The fourth-order valence-corrected chi connectivity index (χ4v) is 3.16. The van der Waals surface area contributed by atoms with Crippen LogP contribution in [0.25, 0.3) is 0 Å². The van der Waals surface area contributed by atoms with Gasteiger partial charge in [-0.05, 0) is 36.6 Å². The molecule has 1 saturated heterocycles. The van der Waals surface area contributed by atoms with Crippen LogP contribution < -0.4 is 10.2 Å². The smallest absolute Gasteiger partial charge is 0.325 e. The van der Waals surface area contributed by atoms with Crippen molar-refractivity contribution in [2.24, 2.45) is 0 Å². The Morgan fingerprint density at radius 3 is 2.69 bits per heavy atom. The van der Waals surface area contributed by atoms with Crippen molar-refractivity contribution in [2.75, 3.05) is 36.1 Å². The molecule has 8 heteroatoms. The van der Waals surface area contributed by atoms with Crippen molar-refractivity contribution < 1.29 is 18.4 Å². The second-order valence-electron chi connectivity index (χ2n) is 5.73. The van der Waals surface area contributed by atoms with Gasteiger partial charge in [0.25, 0.3) is 0 Å². The Morgan fingerprint density at radius 2 is 1.96 bits per heavy atom. The number of amides is 3. The van der Waals surface area contributed by atoms with Gasteiger partial charge in [-0.3, -0.25) is 9.69 Å². The molecule has 1 N–H and O–H groups in total. The minimum atomic E-state index is -1.01. The zero-order chi connectivity index (χ0) is 18.7. The van der Waals surface area contributed by atoms with Crippen molar-refractivity contribution in [3.8, 4) is 0 Å². The van der Waals surface area contributed by atoms with Crippen LogP contribution in [0.5, 0.6) is 0 Å². The molecule has 5 nitrogen and oxygen atoms in total. The van der Waals surface area contributed by atoms with E-state index in [1.165, 1.54) is 15.9 Å². The number of halogens is 2. The van der Waals surface area contributed by atoms with Crippen LogP contribution in [0.15, 0.2) is 47.4 Å². The Morgan fingerprint density at radius 1 is 1.15 bits per heavy atom. The van der Waals surface area contributed by atoms with Gasteiger partial charge < -0.3 is 10.2 Å². The molecular weight excluding hydrogens is 360 g/mol. The second kappa shape index (κ2) is 7.74. The van der Waals surface area contributed by atoms with E-state index in [4.69, 9.17) is 0 Å². The summed E-state index contributed by atoms with van der Waals surface area (Å²) in [4.78, 5) is 28.4. The highest BCUT2D eigenvalue weighted by atomic mass is 32.2. The highest BCUT2D eigenvalue weighted by Crippen LogP contribution is 2.23. The molecular formula is C18H17F2N3O2S. The predicted octanol–water partition coefficient (Wildman–Crippen LogP) is 3.57. The normalized spacial score (nSPS) is 14.0. The van der Waals surface area contributed by atoms with E-state index in [1.807, 2.05) is 24.5 Å². The van der Waals surface area contributed by atoms with Crippen LogP contribution in [0, 0.1) is 11.6 Å². The average Bonchev–Trinajstić information content (AvgIpc) is 2.98. The number of rotatable bonds is 5. The van der Waals surface area contributed by atoms with Gasteiger partial charge in [-0.25, -0.2) is 13.6 Å². The van der Waals surface area contributed by atoms with Crippen molar-refractivity contribution in [3.05, 3.63) is 54.1 Å². The molecule has 0 aromatic heterocycles. The summed E-state index contributed by atoms with van der Waals surface area (Å²) in [5, 5.41) is 2.76. The molecule has 3 rings (SSSR count). The second-order valence-corrected chi connectivity index (χ2v) is 6.61. The van der Waals surface area contributed by atoms with Crippen LogP contribution in [-0.4, -0.2) is 42.7 Å². The molecule has 1 heterocycles. The van der Waals surface area contributed by atoms with E-state index < -0.39 is 17.7 Å². The summed E-state index contributed by atoms with van der Waals surface area (Å²) in [6.45, 7) is 0.526. The van der Waals surface area contributed by atoms with Crippen molar-refractivity contribution in [2.45, 2.75) is 4.90 Å². The molecule has 0 saturated carbocycles. The number of thioether (sulfide) groups is 1. The van der Waals surface area contributed by atoms with Gasteiger partial charge in [0, 0.05) is 35.4 Å². The number of carbonyl (C=O) groups excluding carboxylic acids is 2. The number of nitrogens with one attached hydrogen (secondary N) is 1. The molecule has 0 spiro atoms. The Kier molecular flexibility index (Phi) is 5.41. The van der Waals surface area contributed by atoms with Gasteiger partial charge >= 0.3 is 6.03 Å². The Hall–Kier alpha value is -2.61. The number of hydrogen-bond acceptors (Lipinski definition) is 3. The first-order valence-corrected chi connectivity index (χ1v) is 9.16. The first-order chi connectivity index (χ1) is 12.5. The summed E-state index contributed by atoms with van der Waals surface area (Å²) < 4.78 is 26.4. The molecule has 2 aromatic rings. The van der Waals surface area contributed by atoms with Crippen LogP contribution in [0.4, 0.5) is 25.0 Å².